The molecule has 0 amide bonds. The zero-order chi connectivity index (χ0) is 17.7. The van der Waals surface area contributed by atoms with Gasteiger partial charge in [0.1, 0.15) is 11.5 Å². The van der Waals surface area contributed by atoms with Gasteiger partial charge in [-0.05, 0) is 43.3 Å². The minimum absolute atomic E-state index is 0.0419. The third-order valence-electron chi connectivity index (χ3n) is 3.03. The van der Waals surface area contributed by atoms with Crippen LogP contribution in [0.3, 0.4) is 0 Å². The van der Waals surface area contributed by atoms with Gasteiger partial charge in [0.25, 0.3) is 0 Å². The molecule has 0 aliphatic carbocycles. The lowest BCUT2D eigenvalue weighted by atomic mass is 10.1. The maximum atomic E-state index is 11.9. The minimum atomic E-state index is -1.27. The average molecular weight is 330 g/mol. The molecule has 0 unspecified atom stereocenters. The molecule has 0 heterocycles. The lowest BCUT2D eigenvalue weighted by Gasteiger charge is -2.10. The van der Waals surface area contributed by atoms with Gasteiger partial charge in [0.05, 0.1) is 23.3 Å². The quantitative estimate of drug-likeness (QED) is 0.783. The average Bonchev–Trinajstić information content (AvgIpc) is 2.55. The van der Waals surface area contributed by atoms with E-state index >= 15 is 0 Å². The Balaban J connectivity index is 2.36. The molecular formula is C17H14O7. The van der Waals surface area contributed by atoms with E-state index in [1.54, 1.807) is 13.0 Å². The largest absolute Gasteiger partial charge is 0.478 e. The van der Waals surface area contributed by atoms with Crippen LogP contribution in [0, 0.1) is 0 Å². The number of esters is 1. The van der Waals surface area contributed by atoms with Crippen LogP contribution in [0.4, 0.5) is 0 Å². The van der Waals surface area contributed by atoms with Crippen LogP contribution < -0.4 is 4.74 Å². The molecule has 0 saturated heterocycles. The summed E-state index contributed by atoms with van der Waals surface area (Å²) >= 11 is 0. The summed E-state index contributed by atoms with van der Waals surface area (Å²) in [4.78, 5) is 34.1. The Morgan fingerprint density at radius 1 is 0.917 bits per heavy atom. The first-order valence-electron chi connectivity index (χ1n) is 6.98. The van der Waals surface area contributed by atoms with Crippen molar-refractivity contribution in [3.8, 4) is 11.5 Å². The van der Waals surface area contributed by atoms with Crippen LogP contribution >= 0.6 is 0 Å². The van der Waals surface area contributed by atoms with Crippen LogP contribution in [0.1, 0.15) is 38.0 Å². The zero-order valence-corrected chi connectivity index (χ0v) is 12.7. The van der Waals surface area contributed by atoms with Crippen LogP contribution in [0.15, 0.2) is 42.5 Å². The van der Waals surface area contributed by atoms with E-state index in [4.69, 9.17) is 19.7 Å². The fraction of sp³-hybridized carbons (Fsp3) is 0.118. The Labute approximate surface area is 137 Å². The highest BCUT2D eigenvalue weighted by Crippen LogP contribution is 2.25. The first-order valence-corrected chi connectivity index (χ1v) is 6.98. The van der Waals surface area contributed by atoms with Crippen molar-refractivity contribution in [1.29, 1.82) is 0 Å². The summed E-state index contributed by atoms with van der Waals surface area (Å²) in [7, 11) is 0. The van der Waals surface area contributed by atoms with Gasteiger partial charge in [-0.15, -0.1) is 0 Å². The van der Waals surface area contributed by atoms with E-state index in [9.17, 15) is 14.4 Å². The number of aromatic carboxylic acids is 2. The molecule has 0 aliphatic rings. The van der Waals surface area contributed by atoms with Crippen LogP contribution in [0.25, 0.3) is 0 Å². The monoisotopic (exact) mass is 330 g/mol. The summed E-state index contributed by atoms with van der Waals surface area (Å²) in [5, 5.41) is 18.1. The summed E-state index contributed by atoms with van der Waals surface area (Å²) in [6.07, 6.45) is 0. The highest BCUT2D eigenvalue weighted by atomic mass is 16.5. The predicted molar refractivity (Wildman–Crippen MR) is 82.8 cm³/mol. The molecule has 7 nitrogen and oxygen atoms in total. The van der Waals surface area contributed by atoms with E-state index in [0.717, 1.165) is 0 Å². The molecule has 0 radical (unpaired) electrons. The number of benzene rings is 2. The number of ether oxygens (including phenoxy) is 2. The number of carboxylic acids is 2. The Morgan fingerprint density at radius 3 is 2.25 bits per heavy atom. The molecule has 2 aromatic carbocycles. The standard InChI is InChI=1S/C17H14O7/c1-2-23-17(22)14-9-12(6-7-13(14)16(20)21)24-11-5-3-4-10(8-11)15(18)19/h3-9H,2H2,1H3,(H,18,19)(H,20,21). The summed E-state index contributed by atoms with van der Waals surface area (Å²) in [6.45, 7) is 1.71. The molecule has 24 heavy (non-hydrogen) atoms. The SMILES string of the molecule is CCOC(=O)c1cc(Oc2cccc(C(=O)O)c2)ccc1C(=O)O. The first-order chi connectivity index (χ1) is 11.4. The van der Waals surface area contributed by atoms with Crippen LogP contribution in [-0.2, 0) is 4.74 Å². The predicted octanol–water partition coefficient (Wildman–Crippen LogP) is 3.05. The molecule has 0 aromatic heterocycles. The lowest BCUT2D eigenvalue weighted by molar-refractivity contribution is 0.0514. The maximum Gasteiger partial charge on any atom is 0.339 e. The molecule has 0 saturated carbocycles. The summed E-state index contributed by atoms with van der Waals surface area (Å²) in [5.74, 6) is -2.72. The van der Waals surface area contributed by atoms with Gasteiger partial charge >= 0.3 is 17.9 Å². The first kappa shape index (κ1) is 17.0. The normalized spacial score (nSPS) is 10.0. The second-order valence-corrected chi connectivity index (χ2v) is 4.67. The minimum Gasteiger partial charge on any atom is -0.478 e. The van der Waals surface area contributed by atoms with Crippen molar-refractivity contribution >= 4 is 17.9 Å². The fourth-order valence-corrected chi connectivity index (χ4v) is 1.98. The lowest BCUT2D eigenvalue weighted by Crippen LogP contribution is -2.11. The fourth-order valence-electron chi connectivity index (χ4n) is 1.98. The van der Waals surface area contributed by atoms with Crippen molar-refractivity contribution in [2.24, 2.45) is 0 Å². The zero-order valence-electron chi connectivity index (χ0n) is 12.7. The summed E-state index contributed by atoms with van der Waals surface area (Å²) in [6, 6.07) is 9.63. The number of hydrogen-bond acceptors (Lipinski definition) is 5. The second-order valence-electron chi connectivity index (χ2n) is 4.67. The van der Waals surface area contributed by atoms with Crippen LogP contribution in [0.5, 0.6) is 11.5 Å². The van der Waals surface area contributed by atoms with E-state index in [0.29, 0.717) is 0 Å². The molecule has 2 rings (SSSR count). The van der Waals surface area contributed by atoms with Gasteiger partial charge in [-0.3, -0.25) is 0 Å². The Morgan fingerprint density at radius 2 is 1.62 bits per heavy atom. The van der Waals surface area contributed by atoms with Crippen molar-refractivity contribution in [1.82, 2.24) is 0 Å². The van der Waals surface area contributed by atoms with Gasteiger partial charge in [0, 0.05) is 0 Å². The van der Waals surface area contributed by atoms with E-state index in [2.05, 4.69) is 0 Å². The molecule has 0 bridgehead atoms. The van der Waals surface area contributed by atoms with E-state index in [1.807, 2.05) is 0 Å². The maximum absolute atomic E-state index is 11.9. The molecule has 2 N–H and O–H groups in total. The second kappa shape index (κ2) is 7.28. The van der Waals surface area contributed by atoms with Crippen molar-refractivity contribution in [2.75, 3.05) is 6.61 Å². The third-order valence-corrected chi connectivity index (χ3v) is 3.03. The van der Waals surface area contributed by atoms with Crippen LogP contribution in [0.2, 0.25) is 0 Å². The van der Waals surface area contributed by atoms with Gasteiger partial charge in [0.2, 0.25) is 0 Å². The Bertz CT molecular complexity index is 795. The molecular weight excluding hydrogens is 316 g/mol. The van der Waals surface area contributed by atoms with E-state index in [1.165, 1.54) is 36.4 Å². The summed E-state index contributed by atoms with van der Waals surface area (Å²) in [5.41, 5.74) is -0.309. The molecule has 0 atom stereocenters. The van der Waals surface area contributed by atoms with Crippen molar-refractivity contribution in [3.63, 3.8) is 0 Å². The van der Waals surface area contributed by atoms with Gasteiger partial charge in [-0.25, -0.2) is 14.4 Å². The highest BCUT2D eigenvalue weighted by Gasteiger charge is 2.19. The number of carboxylic acid groups (broad SMARTS) is 2. The molecule has 124 valence electrons. The Kier molecular flexibility index (Phi) is 5.16. The molecule has 0 aliphatic heterocycles. The van der Waals surface area contributed by atoms with Crippen molar-refractivity contribution < 1.29 is 34.1 Å². The van der Waals surface area contributed by atoms with Gasteiger partial charge in [0.15, 0.2) is 0 Å². The number of carbonyl (C=O) groups is 3. The molecule has 0 spiro atoms. The molecule has 0 fully saturated rings. The Hall–Kier alpha value is -3.35. The van der Waals surface area contributed by atoms with E-state index < -0.39 is 17.9 Å². The van der Waals surface area contributed by atoms with Crippen molar-refractivity contribution in [2.45, 2.75) is 6.92 Å². The summed E-state index contributed by atoms with van der Waals surface area (Å²) < 4.78 is 10.3. The van der Waals surface area contributed by atoms with Crippen LogP contribution in [-0.4, -0.2) is 34.7 Å². The third kappa shape index (κ3) is 3.89. The molecule has 7 heteroatoms. The smallest absolute Gasteiger partial charge is 0.339 e. The highest BCUT2D eigenvalue weighted by molar-refractivity contribution is 6.02. The van der Waals surface area contributed by atoms with Gasteiger partial charge in [-0.2, -0.15) is 0 Å². The van der Waals surface area contributed by atoms with Crippen molar-refractivity contribution in [3.05, 3.63) is 59.2 Å². The van der Waals surface area contributed by atoms with Gasteiger partial charge in [-0.1, -0.05) is 6.07 Å². The number of rotatable bonds is 6. The van der Waals surface area contributed by atoms with E-state index in [-0.39, 0.29) is 34.8 Å². The number of hydrogen-bond donors (Lipinski definition) is 2. The molecule has 2 aromatic rings. The van der Waals surface area contributed by atoms with Gasteiger partial charge < -0.3 is 19.7 Å². The topological polar surface area (TPSA) is 110 Å². The number of carbonyl (C=O) groups excluding carboxylic acids is 1.